The average Bonchev–Trinajstić information content (AvgIpc) is 3.19. The normalized spacial score (nSPS) is 21.9. The third-order valence-electron chi connectivity index (χ3n) is 3.85. The van der Waals surface area contributed by atoms with Gasteiger partial charge in [-0.25, -0.2) is 14.5 Å². The van der Waals surface area contributed by atoms with Crippen LogP contribution < -0.4 is 10.6 Å². The summed E-state index contributed by atoms with van der Waals surface area (Å²) in [5.41, 5.74) is 0. The van der Waals surface area contributed by atoms with E-state index >= 15 is 0 Å². The molecule has 6 nitrogen and oxygen atoms in total. The Morgan fingerprint density at radius 3 is 2.90 bits per heavy atom. The predicted molar refractivity (Wildman–Crippen MR) is 81.0 cm³/mol. The lowest BCUT2D eigenvalue weighted by Crippen LogP contribution is -2.43. The Balaban J connectivity index is 1.39. The number of carbonyl (C=O) groups excluding carboxylic acids is 1. The summed E-state index contributed by atoms with van der Waals surface area (Å²) in [4.78, 5) is 17.0. The molecule has 0 bridgehead atoms. The number of thiophene rings is 1. The minimum absolute atomic E-state index is 0.0763. The first-order valence-electron chi connectivity index (χ1n) is 7.22. The van der Waals surface area contributed by atoms with Crippen LogP contribution in [0.15, 0.2) is 30.2 Å². The fraction of sp³-hybridized carbons (Fsp3) is 0.500. The van der Waals surface area contributed by atoms with Gasteiger partial charge in [0.1, 0.15) is 12.7 Å². The lowest BCUT2D eigenvalue weighted by atomic mass is 9.91. The smallest absolute Gasteiger partial charge is 0.315 e. The zero-order chi connectivity index (χ0) is 14.5. The number of nitrogens with zero attached hydrogens (tertiary/aromatic N) is 3. The molecule has 0 aromatic carbocycles. The minimum Gasteiger partial charge on any atom is -0.335 e. The van der Waals surface area contributed by atoms with Crippen molar-refractivity contribution >= 4 is 17.4 Å². The van der Waals surface area contributed by atoms with Crippen molar-refractivity contribution in [1.82, 2.24) is 25.4 Å². The molecule has 112 valence electrons. The van der Waals surface area contributed by atoms with E-state index < -0.39 is 0 Å². The molecule has 7 heteroatoms. The van der Waals surface area contributed by atoms with Crippen LogP contribution in [0.2, 0.25) is 0 Å². The van der Waals surface area contributed by atoms with Gasteiger partial charge in [0.05, 0.1) is 12.6 Å². The van der Waals surface area contributed by atoms with E-state index in [-0.39, 0.29) is 12.1 Å². The first kappa shape index (κ1) is 14.1. The molecule has 0 aliphatic heterocycles. The van der Waals surface area contributed by atoms with Gasteiger partial charge >= 0.3 is 6.03 Å². The van der Waals surface area contributed by atoms with Crippen molar-refractivity contribution in [3.05, 3.63) is 35.0 Å². The summed E-state index contributed by atoms with van der Waals surface area (Å²) in [5, 5.41) is 12.2. The molecular weight excluding hydrogens is 286 g/mol. The van der Waals surface area contributed by atoms with Crippen molar-refractivity contribution in [2.45, 2.75) is 44.3 Å². The highest BCUT2D eigenvalue weighted by Crippen LogP contribution is 2.27. The van der Waals surface area contributed by atoms with E-state index in [0.717, 1.165) is 25.7 Å². The van der Waals surface area contributed by atoms with Crippen molar-refractivity contribution in [2.24, 2.45) is 0 Å². The summed E-state index contributed by atoms with van der Waals surface area (Å²) < 4.78 is 1.92. The number of urea groups is 1. The summed E-state index contributed by atoms with van der Waals surface area (Å²) in [6.45, 7) is 0.595. The number of hydrogen-bond donors (Lipinski definition) is 2. The van der Waals surface area contributed by atoms with Gasteiger partial charge in [0.2, 0.25) is 0 Å². The maximum absolute atomic E-state index is 11.9. The number of hydrogen-bond acceptors (Lipinski definition) is 4. The average molecular weight is 305 g/mol. The molecule has 0 unspecified atom stereocenters. The predicted octanol–water partition coefficient (Wildman–Crippen LogP) is 2.32. The van der Waals surface area contributed by atoms with Gasteiger partial charge < -0.3 is 10.6 Å². The van der Waals surface area contributed by atoms with Crippen LogP contribution in [0.25, 0.3) is 0 Å². The van der Waals surface area contributed by atoms with E-state index in [4.69, 9.17) is 0 Å². The second-order valence-electron chi connectivity index (χ2n) is 5.29. The molecule has 2 aromatic rings. The zero-order valence-corrected chi connectivity index (χ0v) is 12.6. The minimum atomic E-state index is -0.0763. The lowest BCUT2D eigenvalue weighted by Gasteiger charge is -2.28. The molecule has 1 aliphatic rings. The van der Waals surface area contributed by atoms with Crippen molar-refractivity contribution in [3.8, 4) is 0 Å². The van der Waals surface area contributed by atoms with Crippen LogP contribution in [-0.4, -0.2) is 26.8 Å². The topological polar surface area (TPSA) is 71.8 Å². The lowest BCUT2D eigenvalue weighted by molar-refractivity contribution is 0.225. The summed E-state index contributed by atoms with van der Waals surface area (Å²) in [6, 6.07) is 4.61. The highest BCUT2D eigenvalue weighted by atomic mass is 32.1. The van der Waals surface area contributed by atoms with Crippen LogP contribution in [0.4, 0.5) is 4.79 Å². The Labute approximate surface area is 127 Å². The highest BCUT2D eigenvalue weighted by Gasteiger charge is 2.23. The fourth-order valence-electron chi connectivity index (χ4n) is 2.71. The van der Waals surface area contributed by atoms with E-state index in [1.807, 2.05) is 22.2 Å². The van der Waals surface area contributed by atoms with Gasteiger partial charge in [-0.3, -0.25) is 0 Å². The van der Waals surface area contributed by atoms with E-state index in [2.05, 4.69) is 20.7 Å². The van der Waals surface area contributed by atoms with Crippen LogP contribution in [0.3, 0.4) is 0 Å². The molecule has 2 N–H and O–H groups in total. The molecule has 0 spiro atoms. The monoisotopic (exact) mass is 305 g/mol. The second-order valence-corrected chi connectivity index (χ2v) is 6.32. The molecule has 1 saturated carbocycles. The Hall–Kier alpha value is -1.89. The van der Waals surface area contributed by atoms with Crippen molar-refractivity contribution in [3.63, 3.8) is 0 Å². The third kappa shape index (κ3) is 3.81. The van der Waals surface area contributed by atoms with Gasteiger partial charge in [-0.2, -0.15) is 5.10 Å². The van der Waals surface area contributed by atoms with Gasteiger partial charge in [-0.1, -0.05) is 6.07 Å². The van der Waals surface area contributed by atoms with Gasteiger partial charge in [0.15, 0.2) is 0 Å². The zero-order valence-electron chi connectivity index (χ0n) is 11.7. The standard InChI is InChI=1S/C14H19N5OS/c20-14(16-8-13-2-1-7-21-13)18-11-3-5-12(6-4-11)19-10-15-9-17-19/h1-2,7,9-12H,3-6,8H2,(H2,16,18,20). The Morgan fingerprint density at radius 1 is 1.38 bits per heavy atom. The Kier molecular flexibility index (Phi) is 4.49. The van der Waals surface area contributed by atoms with Gasteiger partial charge in [-0.05, 0) is 37.1 Å². The summed E-state index contributed by atoms with van der Waals surface area (Å²) in [7, 11) is 0. The van der Waals surface area contributed by atoms with Crippen molar-refractivity contribution in [1.29, 1.82) is 0 Å². The van der Waals surface area contributed by atoms with E-state index in [9.17, 15) is 4.79 Å². The van der Waals surface area contributed by atoms with Gasteiger partial charge in [-0.15, -0.1) is 11.3 Å². The summed E-state index contributed by atoms with van der Waals surface area (Å²) >= 11 is 1.65. The largest absolute Gasteiger partial charge is 0.335 e. The van der Waals surface area contributed by atoms with E-state index in [0.29, 0.717) is 12.6 Å². The first-order valence-corrected chi connectivity index (χ1v) is 8.10. The van der Waals surface area contributed by atoms with Crippen LogP contribution in [0.1, 0.15) is 36.6 Å². The molecule has 0 radical (unpaired) electrons. The number of rotatable bonds is 4. The number of aromatic nitrogens is 3. The third-order valence-corrected chi connectivity index (χ3v) is 4.72. The number of amides is 2. The molecule has 1 aliphatic carbocycles. The molecule has 0 atom stereocenters. The molecule has 3 rings (SSSR count). The van der Waals surface area contributed by atoms with Crippen LogP contribution in [0, 0.1) is 0 Å². The van der Waals surface area contributed by atoms with Gasteiger partial charge in [0, 0.05) is 10.9 Å². The quantitative estimate of drug-likeness (QED) is 0.910. The molecule has 2 heterocycles. The first-order chi connectivity index (χ1) is 10.3. The van der Waals surface area contributed by atoms with Crippen LogP contribution in [-0.2, 0) is 6.54 Å². The number of nitrogens with one attached hydrogen (secondary N) is 2. The molecular formula is C14H19N5OS. The van der Waals surface area contributed by atoms with Crippen molar-refractivity contribution in [2.75, 3.05) is 0 Å². The van der Waals surface area contributed by atoms with E-state index in [1.165, 1.54) is 4.88 Å². The molecule has 21 heavy (non-hydrogen) atoms. The maximum atomic E-state index is 11.9. The van der Waals surface area contributed by atoms with Crippen LogP contribution >= 0.6 is 11.3 Å². The molecule has 1 fully saturated rings. The van der Waals surface area contributed by atoms with Gasteiger partial charge in [0.25, 0.3) is 0 Å². The summed E-state index contributed by atoms with van der Waals surface area (Å²) in [5.74, 6) is 0. The summed E-state index contributed by atoms with van der Waals surface area (Å²) in [6.07, 6.45) is 7.36. The van der Waals surface area contributed by atoms with Crippen molar-refractivity contribution < 1.29 is 4.79 Å². The molecule has 2 amide bonds. The SMILES string of the molecule is O=C(NCc1cccs1)NC1CCC(n2cncn2)CC1. The Bertz CT molecular complexity index is 546. The highest BCUT2D eigenvalue weighted by molar-refractivity contribution is 7.09. The molecule has 2 aromatic heterocycles. The number of carbonyl (C=O) groups is 1. The molecule has 0 saturated heterocycles. The Morgan fingerprint density at radius 2 is 2.24 bits per heavy atom. The van der Waals surface area contributed by atoms with E-state index in [1.54, 1.807) is 24.0 Å². The van der Waals surface area contributed by atoms with Crippen LogP contribution in [0.5, 0.6) is 0 Å². The fourth-order valence-corrected chi connectivity index (χ4v) is 3.35. The second kappa shape index (κ2) is 6.71. The maximum Gasteiger partial charge on any atom is 0.315 e.